The number of phenolic OH excluding ortho intramolecular Hbond substituents is 4. The van der Waals surface area contributed by atoms with Crippen molar-refractivity contribution in [2.45, 2.75) is 44.3 Å². The molecule has 3 unspecified atom stereocenters. The second-order valence-electron chi connectivity index (χ2n) is 8.83. The Balaban J connectivity index is 2.24. The monoisotopic (exact) mass is 541 g/mol. The first kappa shape index (κ1) is 30.6. The average Bonchev–Trinajstić information content (AvgIpc) is 2.89. The van der Waals surface area contributed by atoms with Crippen molar-refractivity contribution < 1.29 is 39.2 Å². The molecule has 0 bridgehead atoms. The number of amides is 2. The molecular weight excluding hydrogens is 509 g/mol. The molecule has 3 atom stereocenters. The highest BCUT2D eigenvalue weighted by Crippen LogP contribution is 2.26. The number of aromatic hydroxyl groups is 4. The van der Waals surface area contributed by atoms with Gasteiger partial charge in [0.2, 0.25) is 11.8 Å². The molecule has 0 aliphatic heterocycles. The lowest BCUT2D eigenvalue weighted by Gasteiger charge is -2.23. The minimum atomic E-state index is -1.27. The summed E-state index contributed by atoms with van der Waals surface area (Å²) in [6.45, 7) is 4.72. The molecule has 0 heterocycles. The number of benzene rings is 2. The molecule has 10 nitrogen and oxygen atoms in total. The Kier molecular flexibility index (Phi) is 11.2. The SMILES string of the molecule is C=C/C=C\C(CC(C=O)NC(=O)C(Cc1ccc(O)c(O)c1)NC(=O)C(N)Cc1ccc(O)c(O)c1)=C(/C)F. The molecule has 0 fully saturated rings. The molecule has 0 saturated carbocycles. The van der Waals surface area contributed by atoms with Crippen molar-refractivity contribution in [3.8, 4) is 23.0 Å². The van der Waals surface area contributed by atoms with Crippen molar-refractivity contribution in [1.82, 2.24) is 10.6 Å². The summed E-state index contributed by atoms with van der Waals surface area (Å²) in [5.41, 5.74) is 7.00. The predicted octanol–water partition coefficient (Wildman–Crippen LogP) is 2.17. The molecule has 0 aliphatic carbocycles. The summed E-state index contributed by atoms with van der Waals surface area (Å²) in [6.07, 6.45) is 4.43. The molecular formula is C28H32FN3O7. The van der Waals surface area contributed by atoms with E-state index < -0.39 is 41.5 Å². The summed E-state index contributed by atoms with van der Waals surface area (Å²) >= 11 is 0. The Morgan fingerprint density at radius 2 is 1.51 bits per heavy atom. The smallest absolute Gasteiger partial charge is 0.243 e. The minimum Gasteiger partial charge on any atom is -0.504 e. The number of carbonyl (C=O) groups is 3. The zero-order valence-electron chi connectivity index (χ0n) is 21.3. The van der Waals surface area contributed by atoms with Crippen molar-refractivity contribution in [2.75, 3.05) is 0 Å². The van der Waals surface area contributed by atoms with Gasteiger partial charge < -0.3 is 41.6 Å². The standard InChI is InChI=1S/C28H32FN3O7/c1-3-4-5-19(16(2)29)14-20(15-33)31-28(39)22(11-18-7-9-24(35)26(37)13-18)32-27(38)21(30)10-17-6-8-23(34)25(36)12-17/h3-9,12-13,15,20-22,34-37H,1,10-11,14,30H2,2H3,(H,31,39)(H,32,38)/b5-4-,19-16-. The van der Waals surface area contributed by atoms with Crippen LogP contribution in [0.1, 0.15) is 24.5 Å². The molecule has 0 aliphatic rings. The lowest BCUT2D eigenvalue weighted by atomic mass is 10.0. The highest BCUT2D eigenvalue weighted by atomic mass is 19.1. The van der Waals surface area contributed by atoms with E-state index in [1.165, 1.54) is 61.5 Å². The molecule has 2 aromatic rings. The third kappa shape index (κ3) is 9.31. The van der Waals surface area contributed by atoms with Gasteiger partial charge in [0.15, 0.2) is 23.0 Å². The van der Waals surface area contributed by atoms with Crippen LogP contribution in [0.3, 0.4) is 0 Å². The maximum absolute atomic E-state index is 13.9. The van der Waals surface area contributed by atoms with Crippen molar-refractivity contribution in [2.24, 2.45) is 5.73 Å². The highest BCUT2D eigenvalue weighted by molar-refractivity contribution is 5.91. The number of aldehydes is 1. The number of nitrogens with one attached hydrogen (secondary N) is 2. The van der Waals surface area contributed by atoms with E-state index in [9.17, 15) is 39.2 Å². The third-order valence-electron chi connectivity index (χ3n) is 5.75. The molecule has 39 heavy (non-hydrogen) atoms. The van der Waals surface area contributed by atoms with Crippen molar-refractivity contribution in [1.29, 1.82) is 0 Å². The highest BCUT2D eigenvalue weighted by Gasteiger charge is 2.27. The molecule has 208 valence electrons. The van der Waals surface area contributed by atoms with E-state index in [0.29, 0.717) is 17.4 Å². The fraction of sp³-hybridized carbons (Fsp3) is 0.250. The van der Waals surface area contributed by atoms with Gasteiger partial charge in [-0.1, -0.05) is 36.9 Å². The maximum Gasteiger partial charge on any atom is 0.243 e. The Bertz CT molecular complexity index is 1270. The quantitative estimate of drug-likeness (QED) is 0.114. The first-order valence-corrected chi connectivity index (χ1v) is 11.9. The van der Waals surface area contributed by atoms with Gasteiger partial charge in [-0.15, -0.1) is 0 Å². The summed E-state index contributed by atoms with van der Waals surface area (Å²) in [5, 5.41) is 43.6. The summed E-state index contributed by atoms with van der Waals surface area (Å²) in [7, 11) is 0. The summed E-state index contributed by atoms with van der Waals surface area (Å²) < 4.78 is 13.9. The summed E-state index contributed by atoms with van der Waals surface area (Å²) in [6, 6.07) is 4.27. The van der Waals surface area contributed by atoms with Crippen LogP contribution in [0.4, 0.5) is 4.39 Å². The zero-order valence-corrected chi connectivity index (χ0v) is 21.3. The number of halogens is 1. The van der Waals surface area contributed by atoms with Gasteiger partial charge in [0.1, 0.15) is 18.2 Å². The van der Waals surface area contributed by atoms with E-state index in [1.807, 2.05) is 0 Å². The number of rotatable bonds is 13. The van der Waals surface area contributed by atoms with E-state index in [2.05, 4.69) is 17.2 Å². The van der Waals surface area contributed by atoms with Crippen molar-refractivity contribution in [3.05, 3.63) is 83.7 Å². The fourth-order valence-electron chi connectivity index (χ4n) is 3.62. The molecule has 0 saturated heterocycles. The van der Waals surface area contributed by atoms with E-state index in [1.54, 1.807) is 0 Å². The summed E-state index contributed by atoms with van der Waals surface area (Å²) in [5.74, 6) is -3.59. The Hall–Kier alpha value is -4.64. The number of hydrogen-bond acceptors (Lipinski definition) is 8. The van der Waals surface area contributed by atoms with Crippen LogP contribution >= 0.6 is 0 Å². The van der Waals surface area contributed by atoms with E-state index >= 15 is 0 Å². The van der Waals surface area contributed by atoms with Crippen molar-refractivity contribution in [3.63, 3.8) is 0 Å². The van der Waals surface area contributed by atoms with Gasteiger partial charge in [0.25, 0.3) is 0 Å². The second-order valence-corrected chi connectivity index (χ2v) is 8.83. The van der Waals surface area contributed by atoms with Crippen LogP contribution in [-0.2, 0) is 27.2 Å². The lowest BCUT2D eigenvalue weighted by Crippen LogP contribution is -2.54. The van der Waals surface area contributed by atoms with Crippen LogP contribution in [0, 0.1) is 0 Å². The largest absolute Gasteiger partial charge is 0.504 e. The molecule has 2 amide bonds. The van der Waals surface area contributed by atoms with E-state index in [4.69, 9.17) is 5.73 Å². The zero-order chi connectivity index (χ0) is 29.1. The van der Waals surface area contributed by atoms with Crippen LogP contribution in [0.5, 0.6) is 23.0 Å². The van der Waals surface area contributed by atoms with Crippen LogP contribution in [0.2, 0.25) is 0 Å². The lowest BCUT2D eigenvalue weighted by molar-refractivity contribution is -0.130. The topological polar surface area (TPSA) is 182 Å². The second kappa shape index (κ2) is 14.3. The average molecular weight is 542 g/mol. The number of nitrogens with two attached hydrogens (primary N) is 1. The molecule has 0 aromatic heterocycles. The van der Waals surface area contributed by atoms with Crippen LogP contribution in [0.25, 0.3) is 0 Å². The number of phenols is 4. The molecule has 2 rings (SSSR count). The third-order valence-corrected chi connectivity index (χ3v) is 5.75. The van der Waals surface area contributed by atoms with Gasteiger partial charge in [-0.2, -0.15) is 0 Å². The molecule has 0 radical (unpaired) electrons. The first-order valence-electron chi connectivity index (χ1n) is 11.9. The molecule has 8 N–H and O–H groups in total. The minimum absolute atomic E-state index is 0.0372. The fourth-order valence-corrected chi connectivity index (χ4v) is 3.62. The van der Waals surface area contributed by atoms with Gasteiger partial charge in [0.05, 0.1) is 12.1 Å². The molecule has 11 heteroatoms. The van der Waals surface area contributed by atoms with Gasteiger partial charge in [-0.3, -0.25) is 9.59 Å². The normalized spacial score (nSPS) is 14.1. The molecule has 0 spiro atoms. The van der Waals surface area contributed by atoms with Crippen molar-refractivity contribution >= 4 is 18.1 Å². The number of hydrogen-bond donors (Lipinski definition) is 7. The van der Waals surface area contributed by atoms with Gasteiger partial charge >= 0.3 is 0 Å². The predicted molar refractivity (Wildman–Crippen MR) is 143 cm³/mol. The van der Waals surface area contributed by atoms with E-state index in [0.717, 1.165) is 0 Å². The maximum atomic E-state index is 13.9. The van der Waals surface area contributed by atoms with Gasteiger partial charge in [-0.05, 0) is 54.3 Å². The number of carbonyl (C=O) groups excluding carboxylic acids is 3. The Morgan fingerprint density at radius 1 is 0.949 bits per heavy atom. The first-order chi connectivity index (χ1) is 18.4. The van der Waals surface area contributed by atoms with Gasteiger partial charge in [-0.25, -0.2) is 4.39 Å². The summed E-state index contributed by atoms with van der Waals surface area (Å²) in [4.78, 5) is 37.8. The Morgan fingerprint density at radius 3 is 2.00 bits per heavy atom. The van der Waals surface area contributed by atoms with Crippen LogP contribution in [0.15, 0.2) is 72.6 Å². The van der Waals surface area contributed by atoms with E-state index in [-0.39, 0.29) is 42.1 Å². The number of allylic oxidation sites excluding steroid dienone is 4. The van der Waals surface area contributed by atoms with Crippen LogP contribution in [-0.4, -0.2) is 56.7 Å². The van der Waals surface area contributed by atoms with Crippen LogP contribution < -0.4 is 16.4 Å². The Labute approximate surface area is 225 Å². The molecule has 2 aromatic carbocycles. The van der Waals surface area contributed by atoms with Gasteiger partial charge in [0, 0.05) is 12.8 Å².